The Hall–Kier alpha value is -1.44. The van der Waals surface area contributed by atoms with Gasteiger partial charge < -0.3 is 0 Å². The van der Waals surface area contributed by atoms with Gasteiger partial charge in [-0.2, -0.15) is 0 Å². The molecular formula is C11H12O2. The molecule has 0 heterocycles. The Kier molecular flexibility index (Phi) is 3.38. The number of Topliss-reactive ketones (excluding diaryl/α,β-unsaturated/α-hetero) is 2. The van der Waals surface area contributed by atoms with E-state index < -0.39 is 0 Å². The van der Waals surface area contributed by atoms with Crippen LogP contribution in [0, 0.1) is 0 Å². The molecule has 0 saturated carbocycles. The van der Waals surface area contributed by atoms with Gasteiger partial charge >= 0.3 is 0 Å². The normalized spacial score (nSPS) is 9.62. The number of carbonyl (C=O) groups is 2. The molecule has 0 atom stereocenters. The molecule has 0 aliphatic rings. The molecule has 1 aromatic carbocycles. The van der Waals surface area contributed by atoms with Crippen LogP contribution in [0.25, 0.3) is 0 Å². The first-order valence-electron chi connectivity index (χ1n) is 4.34. The predicted molar refractivity (Wildman–Crippen MR) is 50.5 cm³/mol. The minimum atomic E-state index is -0.297. The molecule has 0 amide bonds. The van der Waals surface area contributed by atoms with Crippen LogP contribution in [0.1, 0.15) is 18.9 Å². The minimum Gasteiger partial charge on any atom is -0.291 e. The van der Waals surface area contributed by atoms with E-state index in [1.54, 1.807) is 6.92 Å². The van der Waals surface area contributed by atoms with Gasteiger partial charge in [0.25, 0.3) is 0 Å². The zero-order chi connectivity index (χ0) is 9.68. The van der Waals surface area contributed by atoms with E-state index in [1.165, 1.54) is 0 Å². The molecule has 0 aliphatic carbocycles. The largest absolute Gasteiger partial charge is 0.291 e. The van der Waals surface area contributed by atoms with Crippen LogP contribution in [-0.4, -0.2) is 11.6 Å². The summed E-state index contributed by atoms with van der Waals surface area (Å²) in [5.74, 6) is -0.586. The average Bonchev–Trinajstić information content (AvgIpc) is 2.18. The Balaban J connectivity index is 2.60. The topological polar surface area (TPSA) is 34.1 Å². The molecule has 68 valence electrons. The second-order valence-electron chi connectivity index (χ2n) is 2.86. The van der Waals surface area contributed by atoms with Gasteiger partial charge in [-0.1, -0.05) is 37.3 Å². The fourth-order valence-electron chi connectivity index (χ4n) is 1.08. The molecule has 2 heteroatoms. The summed E-state index contributed by atoms with van der Waals surface area (Å²) in [6.45, 7) is 1.70. The Bertz CT molecular complexity index is 301. The van der Waals surface area contributed by atoms with E-state index in [0.29, 0.717) is 6.42 Å². The zero-order valence-corrected chi connectivity index (χ0v) is 7.62. The Morgan fingerprint density at radius 3 is 2.23 bits per heavy atom. The van der Waals surface area contributed by atoms with Crippen LogP contribution in [0.2, 0.25) is 0 Å². The third kappa shape index (κ3) is 2.82. The van der Waals surface area contributed by atoms with E-state index in [2.05, 4.69) is 0 Å². The van der Waals surface area contributed by atoms with Gasteiger partial charge in [0.2, 0.25) is 5.78 Å². The van der Waals surface area contributed by atoms with Crippen LogP contribution in [-0.2, 0) is 16.0 Å². The van der Waals surface area contributed by atoms with Gasteiger partial charge in [0.1, 0.15) is 0 Å². The van der Waals surface area contributed by atoms with Gasteiger partial charge in [0.05, 0.1) is 0 Å². The molecule has 0 unspecified atom stereocenters. The van der Waals surface area contributed by atoms with E-state index >= 15 is 0 Å². The highest BCUT2D eigenvalue weighted by molar-refractivity contribution is 6.37. The summed E-state index contributed by atoms with van der Waals surface area (Å²) < 4.78 is 0. The Morgan fingerprint density at radius 1 is 1.08 bits per heavy atom. The maximum absolute atomic E-state index is 11.2. The summed E-state index contributed by atoms with van der Waals surface area (Å²) in [4.78, 5) is 22.2. The molecule has 2 nitrogen and oxygen atoms in total. The molecule has 0 aliphatic heterocycles. The van der Waals surface area contributed by atoms with E-state index in [0.717, 1.165) is 5.56 Å². The number of carbonyl (C=O) groups excluding carboxylic acids is 2. The molecular weight excluding hydrogens is 164 g/mol. The van der Waals surface area contributed by atoms with E-state index in [9.17, 15) is 9.59 Å². The molecule has 0 saturated heterocycles. The van der Waals surface area contributed by atoms with Crippen molar-refractivity contribution in [1.82, 2.24) is 0 Å². The fourth-order valence-corrected chi connectivity index (χ4v) is 1.08. The lowest BCUT2D eigenvalue weighted by Crippen LogP contribution is -2.14. The van der Waals surface area contributed by atoms with Crippen molar-refractivity contribution in [3.05, 3.63) is 35.9 Å². The van der Waals surface area contributed by atoms with Crippen molar-refractivity contribution in [3.63, 3.8) is 0 Å². The lowest BCUT2D eigenvalue weighted by atomic mass is 10.1. The maximum Gasteiger partial charge on any atom is 0.202 e. The molecule has 13 heavy (non-hydrogen) atoms. The summed E-state index contributed by atoms with van der Waals surface area (Å²) in [7, 11) is 0. The molecule has 0 bridgehead atoms. The monoisotopic (exact) mass is 176 g/mol. The Morgan fingerprint density at radius 2 is 1.69 bits per heavy atom. The first-order valence-corrected chi connectivity index (χ1v) is 4.34. The van der Waals surface area contributed by atoms with Crippen LogP contribution in [0.5, 0.6) is 0 Å². The number of hydrogen-bond donors (Lipinski definition) is 0. The van der Waals surface area contributed by atoms with Gasteiger partial charge in [0, 0.05) is 12.8 Å². The van der Waals surface area contributed by atoms with Gasteiger partial charge in [-0.3, -0.25) is 9.59 Å². The van der Waals surface area contributed by atoms with Gasteiger partial charge in [-0.15, -0.1) is 0 Å². The molecule has 0 radical (unpaired) electrons. The Labute approximate surface area is 77.6 Å². The van der Waals surface area contributed by atoms with E-state index in [-0.39, 0.29) is 18.0 Å². The number of hydrogen-bond acceptors (Lipinski definition) is 2. The van der Waals surface area contributed by atoms with Crippen LogP contribution >= 0.6 is 0 Å². The van der Waals surface area contributed by atoms with Crippen molar-refractivity contribution in [1.29, 1.82) is 0 Å². The third-order valence-electron chi connectivity index (χ3n) is 1.84. The van der Waals surface area contributed by atoms with Gasteiger partial charge in [0.15, 0.2) is 5.78 Å². The highest BCUT2D eigenvalue weighted by Gasteiger charge is 2.10. The lowest BCUT2D eigenvalue weighted by molar-refractivity contribution is -0.136. The van der Waals surface area contributed by atoms with Crippen LogP contribution in [0.3, 0.4) is 0 Å². The summed E-state index contributed by atoms with van der Waals surface area (Å²) >= 11 is 0. The second-order valence-corrected chi connectivity index (χ2v) is 2.86. The lowest BCUT2D eigenvalue weighted by Gasteiger charge is -1.97. The average molecular weight is 176 g/mol. The second kappa shape index (κ2) is 4.55. The van der Waals surface area contributed by atoms with E-state index in [1.807, 2.05) is 30.3 Å². The highest BCUT2D eigenvalue weighted by Crippen LogP contribution is 2.01. The third-order valence-corrected chi connectivity index (χ3v) is 1.84. The molecule has 0 N–H and O–H groups in total. The SMILES string of the molecule is CCC(=O)C(=O)Cc1ccccc1. The quantitative estimate of drug-likeness (QED) is 0.655. The van der Waals surface area contributed by atoms with Crippen molar-refractivity contribution in [2.45, 2.75) is 19.8 Å². The molecule has 1 rings (SSSR count). The molecule has 0 aromatic heterocycles. The number of benzene rings is 1. The van der Waals surface area contributed by atoms with Crippen molar-refractivity contribution in [3.8, 4) is 0 Å². The van der Waals surface area contributed by atoms with Crippen LogP contribution in [0.4, 0.5) is 0 Å². The van der Waals surface area contributed by atoms with Crippen LogP contribution in [0.15, 0.2) is 30.3 Å². The standard InChI is InChI=1S/C11H12O2/c1-2-10(12)11(13)8-9-6-4-3-5-7-9/h3-7H,2,8H2,1H3. The van der Waals surface area contributed by atoms with Crippen LogP contribution < -0.4 is 0 Å². The summed E-state index contributed by atoms with van der Waals surface area (Å²) in [6.07, 6.45) is 0.527. The number of ketones is 2. The fraction of sp³-hybridized carbons (Fsp3) is 0.273. The zero-order valence-electron chi connectivity index (χ0n) is 7.62. The number of rotatable bonds is 4. The van der Waals surface area contributed by atoms with Gasteiger partial charge in [-0.05, 0) is 5.56 Å². The first kappa shape index (κ1) is 9.65. The summed E-state index contributed by atoms with van der Waals surface area (Å²) in [6, 6.07) is 9.30. The predicted octanol–water partition coefficient (Wildman–Crippen LogP) is 1.78. The molecule has 0 fully saturated rings. The summed E-state index contributed by atoms with van der Waals surface area (Å²) in [5.41, 5.74) is 0.898. The van der Waals surface area contributed by atoms with E-state index in [4.69, 9.17) is 0 Å². The van der Waals surface area contributed by atoms with Crippen molar-refractivity contribution < 1.29 is 9.59 Å². The molecule has 0 spiro atoms. The van der Waals surface area contributed by atoms with Crippen molar-refractivity contribution >= 4 is 11.6 Å². The first-order chi connectivity index (χ1) is 6.24. The van der Waals surface area contributed by atoms with Crippen molar-refractivity contribution in [2.24, 2.45) is 0 Å². The highest BCUT2D eigenvalue weighted by atomic mass is 16.2. The molecule has 1 aromatic rings. The maximum atomic E-state index is 11.2. The minimum absolute atomic E-state index is 0.230. The van der Waals surface area contributed by atoms with Crippen molar-refractivity contribution in [2.75, 3.05) is 0 Å². The smallest absolute Gasteiger partial charge is 0.202 e. The summed E-state index contributed by atoms with van der Waals surface area (Å²) in [5, 5.41) is 0. The van der Waals surface area contributed by atoms with Gasteiger partial charge in [-0.25, -0.2) is 0 Å².